The van der Waals surface area contributed by atoms with Gasteiger partial charge >= 0.3 is 17.9 Å². The highest BCUT2D eigenvalue weighted by atomic mass is 16.6. The summed E-state index contributed by atoms with van der Waals surface area (Å²) in [4.78, 5) is 38.1. The number of carbonyl (C=O) groups excluding carboxylic acids is 3. The van der Waals surface area contributed by atoms with Crippen molar-refractivity contribution in [1.29, 1.82) is 0 Å². The fourth-order valence-corrected chi connectivity index (χ4v) is 8.26. The van der Waals surface area contributed by atoms with Crippen LogP contribution in [0, 0.1) is 0 Å². The maximum atomic E-state index is 12.8. The first-order valence-electron chi connectivity index (χ1n) is 31.3. The van der Waals surface area contributed by atoms with E-state index in [4.69, 9.17) is 14.2 Å². The molecule has 0 aromatic carbocycles. The first-order valence-corrected chi connectivity index (χ1v) is 31.3. The van der Waals surface area contributed by atoms with E-state index >= 15 is 0 Å². The summed E-state index contributed by atoms with van der Waals surface area (Å²) in [7, 11) is 0. The Morgan fingerprint density at radius 3 is 0.857 bits per heavy atom. The summed E-state index contributed by atoms with van der Waals surface area (Å²) >= 11 is 0. The van der Waals surface area contributed by atoms with Crippen LogP contribution < -0.4 is 0 Å². The molecule has 434 valence electrons. The van der Waals surface area contributed by atoms with Crippen molar-refractivity contribution in [2.24, 2.45) is 0 Å². The van der Waals surface area contributed by atoms with Gasteiger partial charge < -0.3 is 14.2 Å². The Balaban J connectivity index is 4.26. The SMILES string of the molecule is CC/C=C\C/C=C\C/C=C\C/C=C\C/C=C\C/C=C\C/C=C\CCCCCCCCCCCCCC(=O)OCC(COC(=O)CCCCCCCCCCCCC)OC(=O)C/C=C\C/C=C\C/C=C\C/C=C\C/C=C\CC. The van der Waals surface area contributed by atoms with Crippen LogP contribution in [0.4, 0.5) is 0 Å². The Bertz CT molecular complexity index is 1700. The van der Waals surface area contributed by atoms with Crippen molar-refractivity contribution < 1.29 is 28.6 Å². The van der Waals surface area contributed by atoms with Crippen LogP contribution in [-0.4, -0.2) is 37.2 Å². The second-order valence-corrected chi connectivity index (χ2v) is 20.2. The van der Waals surface area contributed by atoms with Gasteiger partial charge in [-0.25, -0.2) is 0 Å². The molecule has 0 rings (SSSR count). The maximum absolute atomic E-state index is 12.8. The van der Waals surface area contributed by atoms with Gasteiger partial charge in [0.25, 0.3) is 0 Å². The quantitative estimate of drug-likeness (QED) is 0.0261. The lowest BCUT2D eigenvalue weighted by atomic mass is 10.0. The molecule has 6 heteroatoms. The minimum Gasteiger partial charge on any atom is -0.462 e. The third-order valence-electron chi connectivity index (χ3n) is 12.9. The summed E-state index contributed by atoms with van der Waals surface area (Å²) in [5, 5.41) is 0. The minimum atomic E-state index is -0.836. The second kappa shape index (κ2) is 63.8. The first kappa shape index (κ1) is 72.3. The lowest BCUT2D eigenvalue weighted by Gasteiger charge is -2.18. The van der Waals surface area contributed by atoms with E-state index in [1.54, 1.807) is 6.08 Å². The molecule has 0 fully saturated rings. The molecule has 1 unspecified atom stereocenters. The number of carbonyl (C=O) groups is 3. The van der Waals surface area contributed by atoms with E-state index in [0.29, 0.717) is 12.8 Å². The molecule has 0 aliphatic rings. The predicted molar refractivity (Wildman–Crippen MR) is 334 cm³/mol. The molecule has 77 heavy (non-hydrogen) atoms. The Morgan fingerprint density at radius 1 is 0.286 bits per heavy atom. The van der Waals surface area contributed by atoms with E-state index < -0.39 is 12.1 Å². The highest BCUT2D eigenvalue weighted by Crippen LogP contribution is 2.15. The molecule has 0 aliphatic carbocycles. The zero-order chi connectivity index (χ0) is 55.7. The average Bonchev–Trinajstić information content (AvgIpc) is 3.43. The van der Waals surface area contributed by atoms with Crippen LogP contribution in [0.2, 0.25) is 0 Å². The molecule has 0 aromatic rings. The normalized spacial score (nSPS) is 13.1. The molecule has 0 N–H and O–H groups in total. The standard InChI is InChI=1S/C71H114O6/c1-4-7-10-13-16-19-22-24-26-27-28-29-30-31-32-33-34-35-36-37-38-39-40-41-42-43-45-46-49-52-55-58-61-64-70(73)76-67-68(66-75-69(72)63-60-57-54-51-48-21-18-15-12-9-6-3)77-71(74)65-62-59-56-53-50-47-44-25-23-20-17-14-11-8-5-2/h7-8,10-11,16-17,19-20,24-26,28-29,31-32,34-35,37-38,44,50,53,59,62,68H,4-6,9,12-15,18,21-23,27,30,33,36,39-43,45-49,51-52,54-58,60-61,63-67H2,1-3H3/b10-7-,11-8-,19-16-,20-17-,26-24-,29-28-,32-31-,35-34-,38-37-,44-25-,53-50-,62-59-. The van der Waals surface area contributed by atoms with Gasteiger partial charge in [0.2, 0.25) is 0 Å². The summed E-state index contributed by atoms with van der Waals surface area (Å²) in [6, 6.07) is 0. The molecule has 0 saturated heterocycles. The largest absolute Gasteiger partial charge is 0.462 e. The van der Waals surface area contributed by atoms with Gasteiger partial charge in [-0.3, -0.25) is 14.4 Å². The van der Waals surface area contributed by atoms with Crippen LogP contribution in [-0.2, 0) is 28.6 Å². The zero-order valence-electron chi connectivity index (χ0n) is 49.7. The number of allylic oxidation sites excluding steroid dienone is 23. The molecule has 0 saturated carbocycles. The monoisotopic (exact) mass is 1060 g/mol. The van der Waals surface area contributed by atoms with E-state index in [2.05, 4.69) is 154 Å². The highest BCUT2D eigenvalue weighted by molar-refractivity contribution is 5.72. The predicted octanol–water partition coefficient (Wildman–Crippen LogP) is 21.5. The van der Waals surface area contributed by atoms with Crippen LogP contribution in [0.15, 0.2) is 146 Å². The Hall–Kier alpha value is -4.71. The van der Waals surface area contributed by atoms with Gasteiger partial charge in [0, 0.05) is 12.8 Å². The Kier molecular flexibility index (Phi) is 59.9. The van der Waals surface area contributed by atoms with E-state index in [9.17, 15) is 14.4 Å². The number of rotatable bonds is 55. The molecule has 0 aliphatic heterocycles. The average molecular weight is 1060 g/mol. The molecule has 1 atom stereocenters. The smallest absolute Gasteiger partial charge is 0.310 e. The molecule has 0 spiro atoms. The molecule has 0 heterocycles. The summed E-state index contributed by atoms with van der Waals surface area (Å²) < 4.78 is 16.7. The van der Waals surface area contributed by atoms with Gasteiger partial charge in [0.15, 0.2) is 6.10 Å². The van der Waals surface area contributed by atoms with Gasteiger partial charge in [-0.2, -0.15) is 0 Å². The number of hydrogen-bond donors (Lipinski definition) is 0. The van der Waals surface area contributed by atoms with Gasteiger partial charge in [-0.15, -0.1) is 0 Å². The van der Waals surface area contributed by atoms with Crippen molar-refractivity contribution in [3.8, 4) is 0 Å². The molecular weight excluding hydrogens is 949 g/mol. The third-order valence-corrected chi connectivity index (χ3v) is 12.9. The summed E-state index contributed by atoms with van der Waals surface area (Å²) in [5.74, 6) is -1.06. The van der Waals surface area contributed by atoms with Crippen LogP contribution in [0.25, 0.3) is 0 Å². The summed E-state index contributed by atoms with van der Waals surface area (Å²) in [6.45, 7) is 6.31. The number of unbranched alkanes of at least 4 members (excludes halogenated alkanes) is 21. The van der Waals surface area contributed by atoms with E-state index in [1.807, 2.05) is 6.08 Å². The Labute approximate surface area is 474 Å². The molecule has 0 amide bonds. The molecule has 0 aromatic heterocycles. The summed E-state index contributed by atoms with van der Waals surface area (Å²) in [5.41, 5.74) is 0. The lowest BCUT2D eigenvalue weighted by Crippen LogP contribution is -2.30. The second-order valence-electron chi connectivity index (χ2n) is 20.2. The van der Waals surface area contributed by atoms with Crippen LogP contribution in [0.3, 0.4) is 0 Å². The lowest BCUT2D eigenvalue weighted by molar-refractivity contribution is -0.166. The van der Waals surface area contributed by atoms with Crippen LogP contribution in [0.1, 0.15) is 265 Å². The number of hydrogen-bond acceptors (Lipinski definition) is 6. The fourth-order valence-electron chi connectivity index (χ4n) is 8.26. The minimum absolute atomic E-state index is 0.0930. The van der Waals surface area contributed by atoms with Crippen molar-refractivity contribution in [2.45, 2.75) is 271 Å². The Morgan fingerprint density at radius 2 is 0.545 bits per heavy atom. The maximum Gasteiger partial charge on any atom is 0.310 e. The molecular formula is C71H114O6. The highest BCUT2D eigenvalue weighted by Gasteiger charge is 2.19. The molecule has 0 radical (unpaired) electrons. The van der Waals surface area contributed by atoms with E-state index in [0.717, 1.165) is 116 Å². The molecule has 0 bridgehead atoms. The van der Waals surface area contributed by atoms with Crippen molar-refractivity contribution >= 4 is 17.9 Å². The van der Waals surface area contributed by atoms with Gasteiger partial charge in [-0.1, -0.05) is 289 Å². The number of esters is 3. The van der Waals surface area contributed by atoms with Crippen molar-refractivity contribution in [3.63, 3.8) is 0 Å². The molecule has 6 nitrogen and oxygen atoms in total. The zero-order valence-corrected chi connectivity index (χ0v) is 49.7. The first-order chi connectivity index (χ1) is 38.0. The van der Waals surface area contributed by atoms with Crippen LogP contribution in [0.5, 0.6) is 0 Å². The topological polar surface area (TPSA) is 78.9 Å². The van der Waals surface area contributed by atoms with Crippen molar-refractivity contribution in [2.75, 3.05) is 13.2 Å². The number of ether oxygens (including phenoxy) is 3. The van der Waals surface area contributed by atoms with E-state index in [-0.39, 0.29) is 31.6 Å². The fraction of sp³-hybridized carbons (Fsp3) is 0.620. The van der Waals surface area contributed by atoms with Crippen molar-refractivity contribution in [1.82, 2.24) is 0 Å². The van der Waals surface area contributed by atoms with Gasteiger partial charge in [0.05, 0.1) is 6.42 Å². The van der Waals surface area contributed by atoms with E-state index in [1.165, 1.54) is 109 Å². The van der Waals surface area contributed by atoms with Crippen LogP contribution >= 0.6 is 0 Å². The van der Waals surface area contributed by atoms with Gasteiger partial charge in [-0.05, 0) is 103 Å². The third kappa shape index (κ3) is 62.0. The summed E-state index contributed by atoms with van der Waals surface area (Å²) in [6.07, 6.45) is 91.7. The van der Waals surface area contributed by atoms with Crippen molar-refractivity contribution in [3.05, 3.63) is 146 Å². The van der Waals surface area contributed by atoms with Gasteiger partial charge in [0.1, 0.15) is 13.2 Å².